The van der Waals surface area contributed by atoms with E-state index < -0.39 is 0 Å². The van der Waals surface area contributed by atoms with Gasteiger partial charge >= 0.3 is 0 Å². The van der Waals surface area contributed by atoms with Crippen molar-refractivity contribution in [1.82, 2.24) is 10.3 Å². The van der Waals surface area contributed by atoms with Crippen LogP contribution in [0.4, 0.5) is 0 Å². The molecule has 0 amide bonds. The monoisotopic (exact) mass is 310 g/mol. The molecule has 4 heteroatoms. The Labute approximate surface area is 136 Å². The van der Waals surface area contributed by atoms with E-state index in [0.29, 0.717) is 19.3 Å². The topological polar surface area (TPSA) is 43.4 Å². The molecule has 1 aromatic carbocycles. The van der Waals surface area contributed by atoms with Crippen molar-refractivity contribution in [3.8, 4) is 11.5 Å². The number of hydrogen-bond acceptors (Lipinski definition) is 4. The number of hydrogen-bond donors (Lipinski definition) is 1. The van der Waals surface area contributed by atoms with Gasteiger partial charge in [0.2, 0.25) is 0 Å². The maximum absolute atomic E-state index is 5.73. The van der Waals surface area contributed by atoms with Gasteiger partial charge in [-0.25, -0.2) is 0 Å². The lowest BCUT2D eigenvalue weighted by atomic mass is 10.0. The summed E-state index contributed by atoms with van der Waals surface area (Å²) in [5.74, 6) is 2.45. The van der Waals surface area contributed by atoms with Gasteiger partial charge in [0.25, 0.3) is 0 Å². The minimum absolute atomic E-state index is 0.366. The fourth-order valence-electron chi connectivity index (χ4n) is 3.16. The van der Waals surface area contributed by atoms with E-state index in [4.69, 9.17) is 9.47 Å². The van der Waals surface area contributed by atoms with E-state index in [1.54, 1.807) is 0 Å². The average molecular weight is 310 g/mol. The lowest BCUT2D eigenvalue weighted by Gasteiger charge is -2.23. The second kappa shape index (κ2) is 6.20. The van der Waals surface area contributed by atoms with E-state index in [0.717, 1.165) is 29.7 Å². The summed E-state index contributed by atoms with van der Waals surface area (Å²) in [5.41, 5.74) is 3.64. The zero-order valence-corrected chi connectivity index (χ0v) is 13.4. The van der Waals surface area contributed by atoms with Crippen LogP contribution in [0, 0.1) is 12.8 Å². The first kappa shape index (κ1) is 14.5. The average Bonchev–Trinajstić information content (AvgIpc) is 3.41. The molecule has 1 N–H and O–H groups in total. The van der Waals surface area contributed by atoms with E-state index in [2.05, 4.69) is 35.4 Å². The molecule has 120 valence electrons. The van der Waals surface area contributed by atoms with E-state index in [1.807, 2.05) is 18.3 Å². The van der Waals surface area contributed by atoms with Crippen LogP contribution in [0.15, 0.2) is 36.5 Å². The summed E-state index contributed by atoms with van der Waals surface area (Å²) in [6.07, 6.45) is 4.42. The highest BCUT2D eigenvalue weighted by molar-refractivity contribution is 5.45. The van der Waals surface area contributed by atoms with E-state index in [1.165, 1.54) is 24.0 Å². The van der Waals surface area contributed by atoms with Crippen molar-refractivity contribution in [3.63, 3.8) is 0 Å². The van der Waals surface area contributed by atoms with Crippen molar-refractivity contribution in [3.05, 3.63) is 53.3 Å². The van der Waals surface area contributed by atoms with Gasteiger partial charge in [-0.3, -0.25) is 4.98 Å². The summed E-state index contributed by atoms with van der Waals surface area (Å²) >= 11 is 0. The molecule has 1 saturated carbocycles. The molecule has 1 unspecified atom stereocenters. The smallest absolute Gasteiger partial charge is 0.161 e. The predicted octanol–water partition coefficient (Wildman–Crippen LogP) is 3.40. The van der Waals surface area contributed by atoms with Crippen LogP contribution in [0.2, 0.25) is 0 Å². The van der Waals surface area contributed by atoms with Gasteiger partial charge in [0.1, 0.15) is 13.2 Å². The molecule has 1 aromatic heterocycles. The van der Waals surface area contributed by atoms with Crippen molar-refractivity contribution in [2.75, 3.05) is 13.2 Å². The van der Waals surface area contributed by atoms with Crippen LogP contribution in [0.5, 0.6) is 11.5 Å². The molecule has 2 aromatic rings. The lowest BCUT2D eigenvalue weighted by molar-refractivity contribution is 0.171. The van der Waals surface area contributed by atoms with Gasteiger partial charge in [-0.2, -0.15) is 0 Å². The third kappa shape index (κ3) is 3.17. The van der Waals surface area contributed by atoms with E-state index >= 15 is 0 Å². The van der Waals surface area contributed by atoms with Crippen LogP contribution in [0.25, 0.3) is 0 Å². The minimum atomic E-state index is 0.366. The quantitative estimate of drug-likeness (QED) is 0.919. The molecule has 4 rings (SSSR count). The van der Waals surface area contributed by atoms with Crippen LogP contribution in [-0.2, 0) is 6.54 Å². The molecular formula is C19H22N2O2. The summed E-state index contributed by atoms with van der Waals surface area (Å²) in [7, 11) is 0. The maximum atomic E-state index is 5.73. The van der Waals surface area contributed by atoms with Crippen molar-refractivity contribution >= 4 is 0 Å². The first-order chi connectivity index (χ1) is 11.3. The first-order valence-electron chi connectivity index (χ1n) is 8.35. The second-order valence-electron chi connectivity index (χ2n) is 6.35. The highest BCUT2D eigenvalue weighted by Gasteiger charge is 2.32. The zero-order chi connectivity index (χ0) is 15.6. The summed E-state index contributed by atoms with van der Waals surface area (Å²) < 4.78 is 11.4. The molecule has 1 aliphatic heterocycles. The van der Waals surface area contributed by atoms with Crippen LogP contribution >= 0.6 is 0 Å². The molecule has 1 aliphatic carbocycles. The van der Waals surface area contributed by atoms with Crippen LogP contribution in [0.1, 0.15) is 35.7 Å². The Bertz CT molecular complexity index is 698. The molecule has 23 heavy (non-hydrogen) atoms. The molecular weight excluding hydrogens is 288 g/mol. The van der Waals surface area contributed by atoms with Crippen molar-refractivity contribution in [2.24, 2.45) is 5.92 Å². The number of nitrogens with zero attached hydrogens (tertiary/aromatic N) is 1. The second-order valence-corrected chi connectivity index (χ2v) is 6.35. The Morgan fingerprint density at radius 1 is 1.17 bits per heavy atom. The molecule has 1 fully saturated rings. The number of rotatable bonds is 5. The van der Waals surface area contributed by atoms with Gasteiger partial charge < -0.3 is 14.8 Å². The molecule has 0 radical (unpaired) electrons. The summed E-state index contributed by atoms with van der Waals surface area (Å²) in [4.78, 5) is 4.37. The SMILES string of the molecule is Cc1ncccc1CNC(c1ccc2c(c1)OCCO2)C1CC1. The number of benzene rings is 1. The fraction of sp³-hybridized carbons (Fsp3) is 0.421. The standard InChI is InChI=1S/C19H22N2O2/c1-13-16(3-2-8-20-13)12-21-19(14-4-5-14)15-6-7-17-18(11-15)23-10-9-22-17/h2-3,6-8,11,14,19,21H,4-5,9-10,12H2,1H3. The highest BCUT2D eigenvalue weighted by atomic mass is 16.6. The number of pyridine rings is 1. The number of aromatic nitrogens is 1. The Kier molecular flexibility index (Phi) is 3.92. The molecule has 0 saturated heterocycles. The van der Waals surface area contributed by atoms with Gasteiger partial charge in [-0.05, 0) is 55.0 Å². The molecule has 4 nitrogen and oxygen atoms in total. The summed E-state index contributed by atoms with van der Waals surface area (Å²) in [5, 5.41) is 3.73. The number of fused-ring (bicyclic) bond motifs is 1. The third-order valence-corrected chi connectivity index (χ3v) is 4.65. The maximum Gasteiger partial charge on any atom is 0.161 e. The third-order valence-electron chi connectivity index (χ3n) is 4.65. The fourth-order valence-corrected chi connectivity index (χ4v) is 3.16. The molecule has 2 aliphatic rings. The van der Waals surface area contributed by atoms with Crippen LogP contribution in [-0.4, -0.2) is 18.2 Å². The van der Waals surface area contributed by atoms with Gasteiger partial charge in [0, 0.05) is 24.5 Å². The van der Waals surface area contributed by atoms with Crippen LogP contribution in [0.3, 0.4) is 0 Å². The van der Waals surface area contributed by atoms with E-state index in [-0.39, 0.29) is 0 Å². The largest absolute Gasteiger partial charge is 0.486 e. The number of ether oxygens (including phenoxy) is 2. The first-order valence-corrected chi connectivity index (χ1v) is 8.35. The molecule has 0 bridgehead atoms. The predicted molar refractivity (Wildman–Crippen MR) is 88.7 cm³/mol. The normalized spacial score (nSPS) is 17.8. The summed E-state index contributed by atoms with van der Waals surface area (Å²) in [6, 6.07) is 10.9. The van der Waals surface area contributed by atoms with Gasteiger partial charge in [0.15, 0.2) is 11.5 Å². The number of aryl methyl sites for hydroxylation is 1. The van der Waals surface area contributed by atoms with Crippen molar-refractivity contribution in [1.29, 1.82) is 0 Å². The van der Waals surface area contributed by atoms with Crippen molar-refractivity contribution in [2.45, 2.75) is 32.4 Å². The Balaban J connectivity index is 1.53. The zero-order valence-electron chi connectivity index (χ0n) is 13.4. The Morgan fingerprint density at radius 2 is 2.00 bits per heavy atom. The molecule has 0 spiro atoms. The van der Waals surface area contributed by atoms with Crippen molar-refractivity contribution < 1.29 is 9.47 Å². The number of nitrogens with one attached hydrogen (secondary N) is 1. The molecule has 1 atom stereocenters. The van der Waals surface area contributed by atoms with Gasteiger partial charge in [-0.15, -0.1) is 0 Å². The van der Waals surface area contributed by atoms with Gasteiger partial charge in [0.05, 0.1) is 0 Å². The minimum Gasteiger partial charge on any atom is -0.486 e. The highest BCUT2D eigenvalue weighted by Crippen LogP contribution is 2.43. The Hall–Kier alpha value is -2.07. The van der Waals surface area contributed by atoms with E-state index in [9.17, 15) is 0 Å². The van der Waals surface area contributed by atoms with Gasteiger partial charge in [-0.1, -0.05) is 12.1 Å². The lowest BCUT2D eigenvalue weighted by Crippen LogP contribution is -2.24. The summed E-state index contributed by atoms with van der Waals surface area (Å²) in [6.45, 7) is 4.17. The molecule has 2 heterocycles. The van der Waals surface area contributed by atoms with Crippen LogP contribution < -0.4 is 14.8 Å². The Morgan fingerprint density at radius 3 is 2.78 bits per heavy atom.